The van der Waals surface area contributed by atoms with E-state index in [-0.39, 0.29) is 6.61 Å². The van der Waals surface area contributed by atoms with Gasteiger partial charge in [0.05, 0.1) is 0 Å². The second-order valence-corrected chi connectivity index (χ2v) is 0.878. The van der Waals surface area contributed by atoms with Gasteiger partial charge in [-0.05, 0) is 5.92 Å². The Kier molecular flexibility index (Phi) is 0.548. The van der Waals surface area contributed by atoms with E-state index in [1.807, 2.05) is 0 Å². The highest BCUT2D eigenvalue weighted by atomic mass is 16.5. The van der Waals surface area contributed by atoms with Crippen molar-refractivity contribution in [3.8, 4) is 11.8 Å². The van der Waals surface area contributed by atoms with Crippen LogP contribution in [0.25, 0.3) is 0 Å². The van der Waals surface area contributed by atoms with Gasteiger partial charge in [0, 0.05) is 5.92 Å². The maximum Gasteiger partial charge on any atom is 0.385 e. The summed E-state index contributed by atoms with van der Waals surface area (Å²) >= 11 is 0. The molecule has 0 bridgehead atoms. The number of hydrogen-bond donors (Lipinski definition) is 0. The highest BCUT2D eigenvalue weighted by Gasteiger charge is 1.97. The number of hydrogen-bond acceptors (Lipinski definition) is 2. The van der Waals surface area contributed by atoms with Gasteiger partial charge in [-0.2, -0.15) is 0 Å². The molecular formula is C4H2O2. The fourth-order valence-electron chi connectivity index (χ4n) is 0.246. The Labute approximate surface area is 35.1 Å². The summed E-state index contributed by atoms with van der Waals surface area (Å²) in [4.78, 5) is 9.85. The van der Waals surface area contributed by atoms with Crippen LogP contribution in [0.15, 0.2) is 0 Å². The normalized spacial score (nSPS) is 15.7. The lowest BCUT2D eigenvalue weighted by molar-refractivity contribution is -0.134. The molecule has 2 heteroatoms. The van der Waals surface area contributed by atoms with Gasteiger partial charge >= 0.3 is 5.97 Å². The average molecular weight is 82.1 g/mol. The SMILES string of the molecule is O=C1C#CCO1. The maximum atomic E-state index is 9.85. The summed E-state index contributed by atoms with van der Waals surface area (Å²) in [7, 11) is 0. The molecule has 0 aromatic heterocycles. The first-order valence-corrected chi connectivity index (χ1v) is 1.55. The van der Waals surface area contributed by atoms with Gasteiger partial charge in [0.2, 0.25) is 0 Å². The molecule has 1 aliphatic rings. The molecule has 1 heterocycles. The molecule has 1 rings (SSSR count). The predicted molar refractivity (Wildman–Crippen MR) is 18.7 cm³/mol. The molecule has 0 aliphatic carbocycles. The molecule has 30 valence electrons. The molecule has 0 N–H and O–H groups in total. The molecular weight excluding hydrogens is 80.0 g/mol. The van der Waals surface area contributed by atoms with E-state index in [1.54, 1.807) is 0 Å². The monoisotopic (exact) mass is 82.0 g/mol. The van der Waals surface area contributed by atoms with E-state index in [1.165, 1.54) is 0 Å². The zero-order valence-electron chi connectivity index (χ0n) is 3.02. The molecule has 1 aliphatic heterocycles. The summed E-state index contributed by atoms with van der Waals surface area (Å²) in [6.07, 6.45) is 0. The zero-order chi connectivity index (χ0) is 4.41. The quantitative estimate of drug-likeness (QED) is 0.225. The van der Waals surface area contributed by atoms with Crippen LogP contribution in [0.2, 0.25) is 0 Å². The van der Waals surface area contributed by atoms with Gasteiger partial charge in [-0.15, -0.1) is 0 Å². The van der Waals surface area contributed by atoms with Crippen molar-refractivity contribution in [1.29, 1.82) is 0 Å². The van der Waals surface area contributed by atoms with Crippen LogP contribution in [-0.2, 0) is 9.53 Å². The van der Waals surface area contributed by atoms with Crippen molar-refractivity contribution >= 4 is 5.97 Å². The molecule has 0 aromatic rings. The second kappa shape index (κ2) is 1.02. The minimum atomic E-state index is -0.407. The van der Waals surface area contributed by atoms with E-state index in [0.717, 1.165) is 0 Å². The summed E-state index contributed by atoms with van der Waals surface area (Å²) in [5.74, 6) is 4.25. The van der Waals surface area contributed by atoms with Gasteiger partial charge in [-0.3, -0.25) is 0 Å². The summed E-state index contributed by atoms with van der Waals surface area (Å²) in [6, 6.07) is 0. The third kappa shape index (κ3) is 0.343. The Balaban J connectivity index is 2.68. The van der Waals surface area contributed by atoms with Crippen LogP contribution in [0, 0.1) is 11.8 Å². The lowest BCUT2D eigenvalue weighted by atomic mass is 10.7. The van der Waals surface area contributed by atoms with Crippen molar-refractivity contribution in [3.63, 3.8) is 0 Å². The Bertz CT molecular complexity index is 126. The van der Waals surface area contributed by atoms with Crippen LogP contribution in [0.3, 0.4) is 0 Å². The molecule has 0 atom stereocenters. The first-order valence-electron chi connectivity index (χ1n) is 1.55. The summed E-state index contributed by atoms with van der Waals surface area (Å²) in [5.41, 5.74) is 0. The Morgan fingerprint density at radius 3 is 2.83 bits per heavy atom. The molecule has 0 saturated heterocycles. The summed E-state index contributed by atoms with van der Waals surface area (Å²) in [5, 5.41) is 0. The van der Waals surface area contributed by atoms with Gasteiger partial charge in [-0.25, -0.2) is 4.79 Å². The number of carbonyl (C=O) groups excluding carboxylic acids is 1. The standard InChI is InChI=1S/C4H2O2/c5-4-2-1-3-6-4/h3H2. The molecule has 2 nitrogen and oxygen atoms in total. The Morgan fingerprint density at radius 2 is 2.67 bits per heavy atom. The Hall–Kier alpha value is -0.970. The third-order valence-corrected chi connectivity index (χ3v) is 0.466. The molecule has 0 aromatic carbocycles. The topological polar surface area (TPSA) is 26.3 Å². The summed E-state index contributed by atoms with van der Waals surface area (Å²) in [6.45, 7) is 0.277. The molecule has 0 saturated carbocycles. The lowest BCUT2D eigenvalue weighted by Crippen LogP contribution is -1.91. The van der Waals surface area contributed by atoms with Crippen LogP contribution in [0.5, 0.6) is 0 Å². The van der Waals surface area contributed by atoms with E-state index >= 15 is 0 Å². The fourth-order valence-corrected chi connectivity index (χ4v) is 0.246. The first kappa shape index (κ1) is 3.23. The molecule has 0 spiro atoms. The van der Waals surface area contributed by atoms with Crippen molar-refractivity contribution < 1.29 is 9.53 Å². The van der Waals surface area contributed by atoms with Crippen molar-refractivity contribution in [3.05, 3.63) is 0 Å². The Morgan fingerprint density at radius 1 is 1.83 bits per heavy atom. The van der Waals surface area contributed by atoms with Gasteiger partial charge in [0.25, 0.3) is 0 Å². The number of rotatable bonds is 0. The fraction of sp³-hybridized carbons (Fsp3) is 0.250. The zero-order valence-corrected chi connectivity index (χ0v) is 3.02. The van der Waals surface area contributed by atoms with Gasteiger partial charge in [-0.1, -0.05) is 0 Å². The lowest BCUT2D eigenvalue weighted by Gasteiger charge is -1.79. The third-order valence-electron chi connectivity index (χ3n) is 0.466. The number of cyclic esters (lactones) is 1. The highest BCUT2D eigenvalue weighted by molar-refractivity contribution is 5.90. The first-order chi connectivity index (χ1) is 2.89. The van der Waals surface area contributed by atoms with Gasteiger partial charge in [0.15, 0.2) is 6.61 Å². The van der Waals surface area contributed by atoms with Crippen molar-refractivity contribution in [1.82, 2.24) is 0 Å². The minimum absolute atomic E-state index is 0.277. The molecule has 0 radical (unpaired) electrons. The van der Waals surface area contributed by atoms with Crippen LogP contribution in [-0.4, -0.2) is 12.6 Å². The number of carbonyl (C=O) groups is 1. The van der Waals surface area contributed by atoms with Crippen molar-refractivity contribution in [2.45, 2.75) is 0 Å². The highest BCUT2D eigenvalue weighted by Crippen LogP contribution is 1.79. The number of ether oxygens (including phenoxy) is 1. The van der Waals surface area contributed by atoms with E-state index in [2.05, 4.69) is 16.6 Å². The van der Waals surface area contributed by atoms with Gasteiger partial charge < -0.3 is 4.74 Å². The smallest absolute Gasteiger partial charge is 0.385 e. The molecule has 0 fully saturated rings. The average Bonchev–Trinajstić information content (AvgIpc) is 1.86. The van der Waals surface area contributed by atoms with Gasteiger partial charge in [0.1, 0.15) is 0 Å². The summed E-state index contributed by atoms with van der Waals surface area (Å²) < 4.78 is 4.29. The van der Waals surface area contributed by atoms with Crippen molar-refractivity contribution in [2.75, 3.05) is 6.61 Å². The van der Waals surface area contributed by atoms with Crippen LogP contribution < -0.4 is 0 Å². The second-order valence-electron chi connectivity index (χ2n) is 0.878. The molecule has 0 amide bonds. The van der Waals surface area contributed by atoms with E-state index < -0.39 is 5.97 Å². The predicted octanol–water partition coefficient (Wildman–Crippen LogP) is -0.453. The van der Waals surface area contributed by atoms with Crippen molar-refractivity contribution in [2.24, 2.45) is 0 Å². The van der Waals surface area contributed by atoms with E-state index in [0.29, 0.717) is 0 Å². The molecule has 0 unspecified atom stereocenters. The molecule has 6 heavy (non-hydrogen) atoms. The van der Waals surface area contributed by atoms with Crippen LogP contribution in [0.1, 0.15) is 0 Å². The van der Waals surface area contributed by atoms with Crippen LogP contribution in [0.4, 0.5) is 0 Å². The number of esters is 1. The van der Waals surface area contributed by atoms with E-state index in [4.69, 9.17) is 0 Å². The van der Waals surface area contributed by atoms with E-state index in [9.17, 15) is 4.79 Å². The van der Waals surface area contributed by atoms with Crippen LogP contribution >= 0.6 is 0 Å². The minimum Gasteiger partial charge on any atom is -0.443 e. The largest absolute Gasteiger partial charge is 0.443 e. The maximum absolute atomic E-state index is 9.85.